The molecule has 0 saturated carbocycles. The van der Waals surface area contributed by atoms with Crippen LogP contribution in [0.15, 0.2) is 42.5 Å². The summed E-state index contributed by atoms with van der Waals surface area (Å²) in [5.74, 6) is 0.386. The van der Waals surface area contributed by atoms with Gasteiger partial charge in [0, 0.05) is 13.1 Å². The summed E-state index contributed by atoms with van der Waals surface area (Å²) in [6.07, 6.45) is 2.47. The lowest BCUT2D eigenvalue weighted by molar-refractivity contribution is -0.143. The molecule has 0 aliphatic heterocycles. The smallest absolute Gasteiger partial charge is 0.261 e. The molecule has 2 aromatic carbocycles. The molecule has 0 saturated heterocycles. The third-order valence-electron chi connectivity index (χ3n) is 5.33. The van der Waals surface area contributed by atoms with Gasteiger partial charge in [0.05, 0.1) is 0 Å². The van der Waals surface area contributed by atoms with E-state index in [4.69, 9.17) is 4.74 Å². The maximum Gasteiger partial charge on any atom is 0.261 e. The van der Waals surface area contributed by atoms with Crippen molar-refractivity contribution in [2.75, 3.05) is 13.2 Å². The van der Waals surface area contributed by atoms with Gasteiger partial charge in [-0.15, -0.1) is 0 Å². The highest BCUT2D eigenvalue weighted by Gasteiger charge is 2.28. The number of aryl methyl sites for hydroxylation is 3. The molecule has 0 aliphatic rings. The number of hydrogen-bond acceptors (Lipinski definition) is 3. The average Bonchev–Trinajstić information content (AvgIpc) is 2.73. The molecule has 2 rings (SSSR count). The van der Waals surface area contributed by atoms with Crippen molar-refractivity contribution >= 4 is 11.8 Å². The second-order valence-corrected chi connectivity index (χ2v) is 8.14. The topological polar surface area (TPSA) is 58.6 Å². The van der Waals surface area contributed by atoms with Crippen molar-refractivity contribution < 1.29 is 14.3 Å². The summed E-state index contributed by atoms with van der Waals surface area (Å²) in [5, 5.41) is 2.98. The van der Waals surface area contributed by atoms with Gasteiger partial charge < -0.3 is 15.0 Å². The molecule has 2 amide bonds. The Bertz CT molecular complexity index is 879. The first kappa shape index (κ1) is 24.4. The summed E-state index contributed by atoms with van der Waals surface area (Å²) < 4.78 is 5.85. The van der Waals surface area contributed by atoms with Gasteiger partial charge in [0.1, 0.15) is 11.8 Å². The van der Waals surface area contributed by atoms with Crippen LogP contribution in [0.2, 0.25) is 0 Å². The quantitative estimate of drug-likeness (QED) is 0.531. The number of ether oxygens (including phenoxy) is 1. The zero-order valence-electron chi connectivity index (χ0n) is 19.5. The molecule has 0 spiro atoms. The normalized spacial score (nSPS) is 11.6. The van der Waals surface area contributed by atoms with Gasteiger partial charge >= 0.3 is 0 Å². The van der Waals surface area contributed by atoms with E-state index < -0.39 is 6.04 Å². The van der Waals surface area contributed by atoms with Crippen LogP contribution < -0.4 is 10.1 Å². The van der Waals surface area contributed by atoms with Crippen LogP contribution in [0, 0.1) is 20.8 Å². The molecule has 0 heterocycles. The molecule has 1 atom stereocenters. The third-order valence-corrected chi connectivity index (χ3v) is 5.33. The van der Waals surface area contributed by atoms with Crippen molar-refractivity contribution in [2.45, 2.75) is 66.5 Å². The Kier molecular flexibility index (Phi) is 9.57. The van der Waals surface area contributed by atoms with Crippen LogP contribution in [0.25, 0.3) is 0 Å². The Balaban J connectivity index is 2.19. The van der Waals surface area contributed by atoms with E-state index in [1.807, 2.05) is 70.2 Å². The fraction of sp³-hybridized carbons (Fsp3) is 0.462. The minimum absolute atomic E-state index is 0.103. The van der Waals surface area contributed by atoms with Crippen LogP contribution >= 0.6 is 0 Å². The van der Waals surface area contributed by atoms with E-state index in [9.17, 15) is 9.59 Å². The van der Waals surface area contributed by atoms with Gasteiger partial charge in [-0.05, 0) is 50.8 Å². The number of rotatable bonds is 11. The van der Waals surface area contributed by atoms with Crippen LogP contribution in [0.1, 0.15) is 55.4 Å². The van der Waals surface area contributed by atoms with Crippen molar-refractivity contribution in [2.24, 2.45) is 0 Å². The molecule has 168 valence electrons. The molecule has 0 unspecified atom stereocenters. The number of carbonyl (C=O) groups is 2. The molecule has 5 nitrogen and oxygen atoms in total. The van der Waals surface area contributed by atoms with Gasteiger partial charge in [0.25, 0.3) is 5.91 Å². The van der Waals surface area contributed by atoms with Crippen molar-refractivity contribution in [3.63, 3.8) is 0 Å². The fourth-order valence-corrected chi connectivity index (χ4v) is 3.62. The number of carbonyl (C=O) groups excluding carboxylic acids is 2. The summed E-state index contributed by atoms with van der Waals surface area (Å²) in [6, 6.07) is 13.4. The highest BCUT2D eigenvalue weighted by molar-refractivity contribution is 5.88. The summed E-state index contributed by atoms with van der Waals surface area (Å²) in [5.41, 5.74) is 4.26. The van der Waals surface area contributed by atoms with Crippen LogP contribution in [-0.2, 0) is 16.1 Å². The van der Waals surface area contributed by atoms with Gasteiger partial charge in [-0.2, -0.15) is 0 Å². The average molecular weight is 425 g/mol. The predicted molar refractivity (Wildman–Crippen MR) is 125 cm³/mol. The van der Waals surface area contributed by atoms with E-state index in [-0.39, 0.29) is 18.4 Å². The number of benzene rings is 2. The van der Waals surface area contributed by atoms with Crippen LogP contribution in [0.3, 0.4) is 0 Å². The Hall–Kier alpha value is -2.82. The molecule has 0 aromatic heterocycles. The van der Waals surface area contributed by atoms with Crippen molar-refractivity contribution in [3.8, 4) is 5.75 Å². The highest BCUT2D eigenvalue weighted by Crippen LogP contribution is 2.20. The number of unbranched alkanes of at least 4 members (excludes halogenated alkanes) is 1. The Morgan fingerprint density at radius 1 is 1.03 bits per heavy atom. The van der Waals surface area contributed by atoms with Crippen LogP contribution in [-0.4, -0.2) is 35.9 Å². The molecule has 5 heteroatoms. The second-order valence-electron chi connectivity index (χ2n) is 8.14. The van der Waals surface area contributed by atoms with E-state index in [1.165, 1.54) is 0 Å². The first-order valence-electron chi connectivity index (χ1n) is 11.2. The third kappa shape index (κ3) is 7.42. The maximum absolute atomic E-state index is 13.2. The molecule has 0 radical (unpaired) electrons. The minimum Gasteiger partial charge on any atom is -0.483 e. The van der Waals surface area contributed by atoms with Crippen LogP contribution in [0.5, 0.6) is 5.75 Å². The van der Waals surface area contributed by atoms with Crippen molar-refractivity contribution in [1.29, 1.82) is 0 Å². The summed E-state index contributed by atoms with van der Waals surface area (Å²) in [7, 11) is 0. The molecular formula is C26H36N2O3. The molecular weight excluding hydrogens is 388 g/mol. The van der Waals surface area contributed by atoms with Gasteiger partial charge in [-0.3, -0.25) is 9.59 Å². The lowest BCUT2D eigenvalue weighted by Crippen LogP contribution is -2.50. The zero-order valence-corrected chi connectivity index (χ0v) is 19.5. The van der Waals surface area contributed by atoms with Gasteiger partial charge in [0.15, 0.2) is 6.61 Å². The Morgan fingerprint density at radius 2 is 1.77 bits per heavy atom. The molecule has 2 aromatic rings. The number of nitrogens with one attached hydrogen (secondary N) is 1. The first-order valence-corrected chi connectivity index (χ1v) is 11.2. The molecule has 0 fully saturated rings. The second kappa shape index (κ2) is 12.1. The number of amides is 2. The van der Waals surface area contributed by atoms with E-state index in [0.717, 1.165) is 35.1 Å². The SMILES string of the molecule is CCCCNC(=O)[C@H](CC)N(Cc1cccc(C)c1)C(=O)COc1ccc(C)cc1C. The molecule has 1 N–H and O–H groups in total. The van der Waals surface area contributed by atoms with Crippen molar-refractivity contribution in [1.82, 2.24) is 10.2 Å². The summed E-state index contributed by atoms with van der Waals surface area (Å²) in [6.45, 7) is 10.9. The molecule has 0 bridgehead atoms. The van der Waals surface area contributed by atoms with Gasteiger partial charge in [0.2, 0.25) is 5.91 Å². The number of nitrogens with zero attached hydrogens (tertiary/aromatic N) is 1. The Labute approximate surface area is 186 Å². The predicted octanol–water partition coefficient (Wildman–Crippen LogP) is 4.71. The largest absolute Gasteiger partial charge is 0.483 e. The lowest BCUT2D eigenvalue weighted by Gasteiger charge is -2.30. The number of hydrogen-bond donors (Lipinski definition) is 1. The maximum atomic E-state index is 13.2. The highest BCUT2D eigenvalue weighted by atomic mass is 16.5. The lowest BCUT2D eigenvalue weighted by atomic mass is 10.1. The van der Waals surface area contributed by atoms with E-state index in [1.54, 1.807) is 4.90 Å². The van der Waals surface area contributed by atoms with E-state index >= 15 is 0 Å². The van der Waals surface area contributed by atoms with E-state index in [0.29, 0.717) is 25.3 Å². The Morgan fingerprint density at radius 3 is 2.42 bits per heavy atom. The zero-order chi connectivity index (χ0) is 22.8. The van der Waals surface area contributed by atoms with E-state index in [2.05, 4.69) is 12.2 Å². The summed E-state index contributed by atoms with van der Waals surface area (Å²) in [4.78, 5) is 27.8. The first-order chi connectivity index (χ1) is 14.8. The fourth-order valence-electron chi connectivity index (χ4n) is 3.62. The minimum atomic E-state index is -0.535. The summed E-state index contributed by atoms with van der Waals surface area (Å²) >= 11 is 0. The standard InChI is InChI=1S/C26H36N2O3/c1-6-8-14-27-26(30)23(7-2)28(17-22-11-9-10-19(3)16-22)25(29)18-31-24-13-12-20(4)15-21(24)5/h9-13,15-16,23H,6-8,14,17-18H2,1-5H3,(H,27,30)/t23-/m0/s1. The van der Waals surface area contributed by atoms with Crippen molar-refractivity contribution in [3.05, 3.63) is 64.7 Å². The molecule has 0 aliphatic carbocycles. The monoisotopic (exact) mass is 424 g/mol. The van der Waals surface area contributed by atoms with Gasteiger partial charge in [-0.1, -0.05) is 67.8 Å². The van der Waals surface area contributed by atoms with Gasteiger partial charge in [-0.25, -0.2) is 0 Å². The van der Waals surface area contributed by atoms with Crippen LogP contribution in [0.4, 0.5) is 0 Å². The molecule has 31 heavy (non-hydrogen) atoms.